The van der Waals surface area contributed by atoms with Crippen LogP contribution in [0.4, 0.5) is 5.69 Å². The molecule has 11 heteroatoms. The molecule has 0 bridgehead atoms. The van der Waals surface area contributed by atoms with Crippen molar-refractivity contribution in [2.75, 3.05) is 37.9 Å². The predicted octanol–water partition coefficient (Wildman–Crippen LogP) is 2.84. The van der Waals surface area contributed by atoms with Crippen molar-refractivity contribution in [3.05, 3.63) is 59.6 Å². The lowest BCUT2D eigenvalue weighted by Gasteiger charge is -2.23. The molecule has 0 radical (unpaired) electrons. The summed E-state index contributed by atoms with van der Waals surface area (Å²) in [6.45, 7) is 3.40. The largest absolute Gasteiger partial charge is 0.495 e. The first kappa shape index (κ1) is 25.0. The van der Waals surface area contributed by atoms with Gasteiger partial charge in [-0.15, -0.1) is 0 Å². The molecule has 32 heavy (non-hydrogen) atoms. The van der Waals surface area contributed by atoms with E-state index in [0.717, 1.165) is 10.6 Å². The molecule has 0 aliphatic rings. The first-order chi connectivity index (χ1) is 15.2. The van der Waals surface area contributed by atoms with E-state index in [0.29, 0.717) is 28.7 Å². The molecule has 0 aliphatic carbocycles. The van der Waals surface area contributed by atoms with Crippen molar-refractivity contribution in [1.82, 2.24) is 5.43 Å². The summed E-state index contributed by atoms with van der Waals surface area (Å²) >= 11 is 5.99. The molecule has 0 saturated carbocycles. The maximum Gasteiger partial charge on any atom is 0.260 e. The molecule has 2 aromatic carbocycles. The minimum atomic E-state index is -3.82. The van der Waals surface area contributed by atoms with E-state index in [2.05, 4.69) is 17.1 Å². The summed E-state index contributed by atoms with van der Waals surface area (Å²) in [5.74, 6) is 0.611. The maximum absolute atomic E-state index is 12.4. The van der Waals surface area contributed by atoms with Crippen molar-refractivity contribution in [1.29, 1.82) is 0 Å². The summed E-state index contributed by atoms with van der Waals surface area (Å²) in [6.07, 6.45) is 3.98. The lowest BCUT2D eigenvalue weighted by Crippen LogP contribution is -2.39. The summed E-state index contributed by atoms with van der Waals surface area (Å²) in [7, 11) is -0.925. The molecule has 2 aromatic rings. The highest BCUT2D eigenvalue weighted by atomic mass is 35.5. The standard InChI is InChI=1S/C21H24ClN3O6S/c1-5-10-31-19-8-6-15(11-20(19)30-3)13-23-24-21(26)14-25(32(4,27)28)17-12-16(22)7-9-18(17)29-2/h5-9,11-13H,1,10,14H2,2-4H3,(H,24,26)/b23-13-. The van der Waals surface area contributed by atoms with Crippen molar-refractivity contribution in [3.63, 3.8) is 0 Å². The fourth-order valence-electron chi connectivity index (χ4n) is 2.62. The Kier molecular flexibility index (Phi) is 8.91. The average molecular weight is 482 g/mol. The molecule has 0 atom stereocenters. The zero-order valence-corrected chi connectivity index (χ0v) is 19.4. The third-order valence-electron chi connectivity index (χ3n) is 4.04. The number of sulfonamides is 1. The smallest absolute Gasteiger partial charge is 0.260 e. The molecule has 0 unspecified atom stereocenters. The van der Waals surface area contributed by atoms with Gasteiger partial charge in [0.1, 0.15) is 18.9 Å². The van der Waals surface area contributed by atoms with Crippen molar-refractivity contribution >= 4 is 39.4 Å². The summed E-state index contributed by atoms with van der Waals surface area (Å²) in [6, 6.07) is 9.56. The molecule has 0 saturated heterocycles. The van der Waals surface area contributed by atoms with Gasteiger partial charge in [0.05, 0.1) is 32.4 Å². The van der Waals surface area contributed by atoms with Crippen LogP contribution in [-0.4, -0.2) is 54.2 Å². The van der Waals surface area contributed by atoms with Crippen LogP contribution in [0.2, 0.25) is 5.02 Å². The fourth-order valence-corrected chi connectivity index (χ4v) is 3.63. The molecule has 0 spiro atoms. The first-order valence-corrected chi connectivity index (χ1v) is 11.5. The molecule has 0 heterocycles. The number of rotatable bonds is 11. The molecule has 9 nitrogen and oxygen atoms in total. The first-order valence-electron chi connectivity index (χ1n) is 9.24. The minimum Gasteiger partial charge on any atom is -0.495 e. The van der Waals surface area contributed by atoms with E-state index in [4.69, 9.17) is 25.8 Å². The third-order valence-corrected chi connectivity index (χ3v) is 5.41. The molecule has 2 rings (SSSR count). The Morgan fingerprint density at radius 1 is 1.16 bits per heavy atom. The monoisotopic (exact) mass is 481 g/mol. The van der Waals surface area contributed by atoms with Gasteiger partial charge in [0.2, 0.25) is 10.0 Å². The van der Waals surface area contributed by atoms with Gasteiger partial charge in [-0.05, 0) is 42.0 Å². The number of anilines is 1. The van der Waals surface area contributed by atoms with Crippen molar-refractivity contribution in [2.24, 2.45) is 5.10 Å². The Morgan fingerprint density at radius 3 is 2.47 bits per heavy atom. The number of halogens is 1. The molecule has 1 N–H and O–H groups in total. The lowest BCUT2D eigenvalue weighted by atomic mass is 10.2. The highest BCUT2D eigenvalue weighted by Crippen LogP contribution is 2.32. The summed E-state index contributed by atoms with van der Waals surface area (Å²) in [5.41, 5.74) is 3.08. The Labute approximate surface area is 192 Å². The van der Waals surface area contributed by atoms with Crippen molar-refractivity contribution < 1.29 is 27.4 Å². The van der Waals surface area contributed by atoms with E-state index in [1.54, 1.807) is 30.3 Å². The van der Waals surface area contributed by atoms with E-state index in [1.807, 2.05) is 0 Å². The topological polar surface area (TPSA) is 107 Å². The van der Waals surface area contributed by atoms with E-state index in [-0.39, 0.29) is 11.4 Å². The molecular weight excluding hydrogens is 458 g/mol. The molecule has 1 amide bonds. The second kappa shape index (κ2) is 11.4. The molecule has 0 aliphatic heterocycles. The van der Waals surface area contributed by atoms with E-state index < -0.39 is 22.5 Å². The van der Waals surface area contributed by atoms with Gasteiger partial charge in [-0.1, -0.05) is 24.3 Å². The Morgan fingerprint density at radius 2 is 1.84 bits per heavy atom. The summed E-state index contributed by atoms with van der Waals surface area (Å²) in [4.78, 5) is 12.4. The summed E-state index contributed by atoms with van der Waals surface area (Å²) < 4.78 is 41.4. The van der Waals surface area contributed by atoms with Crippen LogP contribution in [0.3, 0.4) is 0 Å². The molecule has 172 valence electrons. The van der Waals surface area contributed by atoms with E-state index >= 15 is 0 Å². The number of amides is 1. The zero-order chi connectivity index (χ0) is 23.7. The number of benzene rings is 2. The fraction of sp³-hybridized carbons (Fsp3) is 0.238. The number of hydrogen-bond donors (Lipinski definition) is 1. The van der Waals surface area contributed by atoms with Gasteiger partial charge in [0.25, 0.3) is 5.91 Å². The van der Waals surface area contributed by atoms with Gasteiger partial charge in [-0.25, -0.2) is 13.8 Å². The minimum absolute atomic E-state index is 0.140. The van der Waals surface area contributed by atoms with E-state index in [1.165, 1.54) is 32.6 Å². The second-order valence-corrected chi connectivity index (χ2v) is 8.73. The van der Waals surface area contributed by atoms with Gasteiger partial charge in [0.15, 0.2) is 11.5 Å². The van der Waals surface area contributed by atoms with Crippen LogP contribution in [0.1, 0.15) is 5.56 Å². The van der Waals surface area contributed by atoms with Gasteiger partial charge in [-0.2, -0.15) is 5.10 Å². The van der Waals surface area contributed by atoms with Crippen LogP contribution in [-0.2, 0) is 14.8 Å². The Bertz CT molecular complexity index is 1100. The third kappa shape index (κ3) is 6.89. The van der Waals surface area contributed by atoms with Crippen molar-refractivity contribution in [3.8, 4) is 17.2 Å². The normalized spacial score (nSPS) is 11.1. The molecule has 0 fully saturated rings. The van der Waals surface area contributed by atoms with Crippen LogP contribution in [0.15, 0.2) is 54.2 Å². The quantitative estimate of drug-likeness (QED) is 0.300. The van der Waals surface area contributed by atoms with Gasteiger partial charge >= 0.3 is 0 Å². The Hall–Kier alpha value is -3.24. The van der Waals surface area contributed by atoms with Crippen molar-refractivity contribution in [2.45, 2.75) is 0 Å². The second-order valence-electron chi connectivity index (χ2n) is 6.39. The van der Waals surface area contributed by atoms with Gasteiger partial charge < -0.3 is 14.2 Å². The lowest BCUT2D eigenvalue weighted by molar-refractivity contribution is -0.119. The maximum atomic E-state index is 12.4. The number of nitrogens with one attached hydrogen (secondary N) is 1. The van der Waals surface area contributed by atoms with Crippen LogP contribution >= 0.6 is 11.6 Å². The van der Waals surface area contributed by atoms with Gasteiger partial charge in [-0.3, -0.25) is 9.10 Å². The van der Waals surface area contributed by atoms with Crippen LogP contribution in [0, 0.1) is 0 Å². The van der Waals surface area contributed by atoms with E-state index in [9.17, 15) is 13.2 Å². The van der Waals surface area contributed by atoms with Gasteiger partial charge in [0, 0.05) is 5.02 Å². The molecular formula is C21H24ClN3O6S. The number of carbonyl (C=O) groups excluding carboxylic acids is 1. The van der Waals surface area contributed by atoms with Crippen LogP contribution in [0.25, 0.3) is 0 Å². The number of ether oxygens (including phenoxy) is 3. The summed E-state index contributed by atoms with van der Waals surface area (Å²) in [5, 5.41) is 4.18. The number of nitrogens with zero attached hydrogens (tertiary/aromatic N) is 2. The van der Waals surface area contributed by atoms with Crippen LogP contribution < -0.4 is 23.9 Å². The highest BCUT2D eigenvalue weighted by Gasteiger charge is 2.24. The number of hydrogen-bond acceptors (Lipinski definition) is 7. The van der Waals surface area contributed by atoms with Crippen LogP contribution in [0.5, 0.6) is 17.2 Å². The number of carbonyl (C=O) groups is 1. The predicted molar refractivity (Wildman–Crippen MR) is 125 cm³/mol. The SMILES string of the molecule is C=CCOc1ccc(/C=N\NC(=O)CN(c2cc(Cl)ccc2OC)S(C)(=O)=O)cc1OC. The Balaban J connectivity index is 2.14. The number of hydrazone groups is 1. The highest BCUT2D eigenvalue weighted by molar-refractivity contribution is 7.92. The zero-order valence-electron chi connectivity index (χ0n) is 17.9. The average Bonchev–Trinajstić information content (AvgIpc) is 2.75. The molecule has 0 aromatic heterocycles. The number of methoxy groups -OCH3 is 2.